The number of thiazole rings is 1. The minimum Gasteiger partial charge on any atom is -0.493 e. The molecule has 5 N–H and O–H groups in total. The molecule has 14 nitrogen and oxygen atoms in total. The van der Waals surface area contributed by atoms with E-state index in [0.29, 0.717) is 36.8 Å². The fraction of sp³-hybridized carbons (Fsp3) is 0.455. The number of rotatable bonds is 23. The van der Waals surface area contributed by atoms with Crippen LogP contribution in [0.2, 0.25) is 0 Å². The second kappa shape index (κ2) is 24.5. The van der Waals surface area contributed by atoms with Gasteiger partial charge in [0.15, 0.2) is 11.5 Å². The topological polar surface area (TPSA) is 180 Å². The molecule has 0 unspecified atom stereocenters. The van der Waals surface area contributed by atoms with E-state index in [4.69, 9.17) is 19.4 Å². The Morgan fingerprint density at radius 3 is 2.37 bits per heavy atom. The van der Waals surface area contributed by atoms with Crippen LogP contribution in [0.1, 0.15) is 113 Å². The molecule has 3 amide bonds. The predicted octanol–water partition coefficient (Wildman–Crippen LogP) is 9.92. The molecule has 0 radical (unpaired) electrons. The van der Waals surface area contributed by atoms with Crippen molar-refractivity contribution in [3.63, 3.8) is 0 Å². The predicted molar refractivity (Wildman–Crippen MR) is 285 cm³/mol. The van der Waals surface area contributed by atoms with Crippen molar-refractivity contribution in [3.05, 3.63) is 105 Å². The zero-order valence-corrected chi connectivity index (χ0v) is 44.0. The van der Waals surface area contributed by atoms with Crippen molar-refractivity contribution >= 4 is 57.1 Å². The van der Waals surface area contributed by atoms with Crippen LogP contribution in [-0.4, -0.2) is 88.2 Å². The van der Waals surface area contributed by atoms with Crippen LogP contribution in [0.25, 0.3) is 32.5 Å². The smallest absolute Gasteiger partial charge is 0.246 e. The van der Waals surface area contributed by atoms with E-state index in [-0.39, 0.29) is 43.3 Å². The Labute approximate surface area is 426 Å². The standard InChI is InChI=1S/C55H70N8O6S2/c1-34(48-25-40(32-70-48)42-18-15-14-17-39(42)30-56-7)59-52-43-27-46(68-8)47(28-44(43)60-36(3)61-52)69-24-16-12-10-9-11-13-19-49(65)62-51(55(4,5)6)54(67)63-31-41(64)26-45(63)53(66)57-29-37-20-22-38(23-21-37)50-35(2)58-33-71-50/h14-15,17-18,20-23,25,27-28,32-34,41,45,51,56,64H,9-13,16,19,24,26,29-31H2,1-8H3,(H,57,66)(H,62,65)(H,59,60,61)/t34-,41-,45+,51-/m1/s1. The highest BCUT2D eigenvalue weighted by Crippen LogP contribution is 2.38. The number of hydrogen-bond acceptors (Lipinski definition) is 13. The third kappa shape index (κ3) is 13.7. The van der Waals surface area contributed by atoms with E-state index in [9.17, 15) is 19.5 Å². The van der Waals surface area contributed by atoms with E-state index in [2.05, 4.69) is 68.9 Å². The fourth-order valence-corrected chi connectivity index (χ4v) is 10.8. The second-order valence-electron chi connectivity index (χ2n) is 19.6. The Bertz CT molecular complexity index is 2750. The first kappa shape index (κ1) is 52.9. The quantitative estimate of drug-likeness (QED) is 0.0386. The highest BCUT2D eigenvalue weighted by molar-refractivity contribution is 7.13. The van der Waals surface area contributed by atoms with Gasteiger partial charge in [-0.2, -0.15) is 0 Å². The van der Waals surface area contributed by atoms with Crippen molar-refractivity contribution in [1.82, 2.24) is 35.8 Å². The number of carbonyl (C=O) groups is 3. The monoisotopic (exact) mass is 1000 g/mol. The molecule has 0 aliphatic carbocycles. The molecule has 0 saturated carbocycles. The number of carbonyl (C=O) groups excluding carboxylic acids is 3. The zero-order valence-electron chi connectivity index (χ0n) is 42.4. The first-order valence-corrected chi connectivity index (χ1v) is 26.5. The summed E-state index contributed by atoms with van der Waals surface area (Å²) in [6.07, 6.45) is 4.95. The van der Waals surface area contributed by atoms with Crippen molar-refractivity contribution < 1.29 is 29.0 Å². The number of aliphatic hydroxyl groups excluding tert-OH is 1. The molecular formula is C55H70N8O6S2. The van der Waals surface area contributed by atoms with Crippen LogP contribution in [0.15, 0.2) is 77.6 Å². The summed E-state index contributed by atoms with van der Waals surface area (Å²) >= 11 is 3.32. The lowest BCUT2D eigenvalue weighted by Gasteiger charge is -2.35. The number of ether oxygens (including phenoxy) is 2. The number of aryl methyl sites for hydroxylation is 2. The van der Waals surface area contributed by atoms with Crippen LogP contribution < -0.4 is 30.7 Å². The summed E-state index contributed by atoms with van der Waals surface area (Å²) in [5.41, 5.74) is 8.63. The summed E-state index contributed by atoms with van der Waals surface area (Å²) in [6.45, 7) is 13.4. The minimum absolute atomic E-state index is 0.00632. The number of benzene rings is 3. The van der Waals surface area contributed by atoms with Crippen molar-refractivity contribution in [2.75, 3.05) is 32.6 Å². The summed E-state index contributed by atoms with van der Waals surface area (Å²) in [4.78, 5) is 58.5. The lowest BCUT2D eigenvalue weighted by molar-refractivity contribution is -0.144. The third-order valence-electron chi connectivity index (χ3n) is 13.0. The van der Waals surface area contributed by atoms with Crippen LogP contribution in [0.4, 0.5) is 5.82 Å². The van der Waals surface area contributed by atoms with Crippen LogP contribution in [0.3, 0.4) is 0 Å². The van der Waals surface area contributed by atoms with Crippen molar-refractivity contribution in [3.8, 4) is 33.1 Å². The molecular weight excluding hydrogens is 933 g/mol. The number of amides is 3. The van der Waals surface area contributed by atoms with Crippen LogP contribution in [0.5, 0.6) is 11.5 Å². The van der Waals surface area contributed by atoms with Gasteiger partial charge in [-0.1, -0.05) is 95.0 Å². The van der Waals surface area contributed by atoms with Crippen molar-refractivity contribution in [2.24, 2.45) is 5.41 Å². The average molecular weight is 1000 g/mol. The summed E-state index contributed by atoms with van der Waals surface area (Å²) in [5, 5.41) is 26.6. The number of aliphatic hydroxyl groups is 1. The summed E-state index contributed by atoms with van der Waals surface area (Å²) < 4.78 is 12.1. The molecule has 3 aromatic carbocycles. The van der Waals surface area contributed by atoms with Crippen LogP contribution in [0, 0.1) is 19.3 Å². The summed E-state index contributed by atoms with van der Waals surface area (Å²) in [7, 11) is 3.61. The molecule has 4 heterocycles. The Kier molecular flexibility index (Phi) is 18.2. The van der Waals surface area contributed by atoms with Gasteiger partial charge < -0.3 is 40.7 Å². The number of fused-ring (bicyclic) bond motifs is 1. The molecule has 1 aliphatic rings. The number of β-amino-alcohol motifs (C(OH)–C–C–N with tert-alkyl or cyclic N) is 1. The second-order valence-corrected chi connectivity index (χ2v) is 21.4. The van der Waals surface area contributed by atoms with Gasteiger partial charge in [-0.15, -0.1) is 22.7 Å². The highest BCUT2D eigenvalue weighted by Gasteiger charge is 2.44. The number of thiophene rings is 1. The number of unbranched alkanes of at least 4 members (excludes halogenated alkanes) is 5. The Hall–Kier alpha value is -5.94. The molecule has 6 aromatic rings. The van der Waals surface area contributed by atoms with Crippen molar-refractivity contribution in [1.29, 1.82) is 0 Å². The fourth-order valence-electron chi connectivity index (χ4n) is 9.07. The first-order chi connectivity index (χ1) is 34.1. The number of nitrogens with one attached hydrogen (secondary N) is 4. The molecule has 71 heavy (non-hydrogen) atoms. The first-order valence-electron chi connectivity index (χ1n) is 24.8. The molecule has 16 heteroatoms. The largest absolute Gasteiger partial charge is 0.493 e. The van der Waals surface area contributed by atoms with E-state index in [1.165, 1.54) is 26.5 Å². The van der Waals surface area contributed by atoms with Crippen LogP contribution in [-0.2, 0) is 27.5 Å². The van der Waals surface area contributed by atoms with E-state index in [1.807, 2.05) is 83.6 Å². The highest BCUT2D eigenvalue weighted by atomic mass is 32.1. The van der Waals surface area contributed by atoms with Crippen LogP contribution >= 0.6 is 22.7 Å². The lowest BCUT2D eigenvalue weighted by Crippen LogP contribution is -2.57. The maximum absolute atomic E-state index is 14.1. The number of methoxy groups -OCH3 is 1. The Balaban J connectivity index is 0.834. The molecule has 0 bridgehead atoms. The van der Waals surface area contributed by atoms with E-state index in [0.717, 1.165) is 77.1 Å². The van der Waals surface area contributed by atoms with E-state index >= 15 is 0 Å². The Morgan fingerprint density at radius 1 is 0.901 bits per heavy atom. The van der Waals surface area contributed by atoms with Gasteiger partial charge in [0.1, 0.15) is 23.7 Å². The van der Waals surface area contributed by atoms with Gasteiger partial charge in [0.2, 0.25) is 17.7 Å². The molecule has 378 valence electrons. The average Bonchev–Trinajstić information content (AvgIpc) is 4.12. The van der Waals surface area contributed by atoms with Crippen molar-refractivity contribution in [2.45, 2.75) is 130 Å². The SMILES string of the molecule is CNCc1ccccc1-c1csc([C@@H](C)Nc2nc(C)nc3cc(OCCCCCCCCC(=O)N[C@H](C(=O)N4C[C@H](O)C[C@H]4C(=O)NCc4ccc(-c5scnc5C)cc4)C(C)(C)C)c(OC)cc23)c1. The third-order valence-corrected chi connectivity index (χ3v) is 15.0. The maximum Gasteiger partial charge on any atom is 0.246 e. The normalized spacial score (nSPS) is 15.6. The number of aromatic nitrogens is 3. The van der Waals surface area contributed by atoms with Gasteiger partial charge in [-0.3, -0.25) is 14.4 Å². The number of hydrogen-bond donors (Lipinski definition) is 5. The van der Waals surface area contributed by atoms with Gasteiger partial charge in [0.05, 0.1) is 47.5 Å². The molecule has 1 fully saturated rings. The molecule has 0 spiro atoms. The minimum atomic E-state index is -0.860. The van der Waals surface area contributed by atoms with Gasteiger partial charge in [0, 0.05) is 48.8 Å². The molecule has 1 saturated heterocycles. The summed E-state index contributed by atoms with van der Waals surface area (Å²) in [6, 6.07) is 20.9. The zero-order chi connectivity index (χ0) is 50.7. The summed E-state index contributed by atoms with van der Waals surface area (Å²) in [5.74, 6) is 1.76. The Morgan fingerprint density at radius 2 is 1.65 bits per heavy atom. The molecule has 3 aromatic heterocycles. The maximum atomic E-state index is 14.1. The number of anilines is 1. The molecule has 1 aliphatic heterocycles. The molecule has 7 rings (SSSR count). The van der Waals surface area contributed by atoms with Gasteiger partial charge in [-0.25, -0.2) is 15.0 Å². The van der Waals surface area contributed by atoms with Gasteiger partial charge >= 0.3 is 0 Å². The molecule has 4 atom stereocenters. The van der Waals surface area contributed by atoms with E-state index in [1.54, 1.807) is 29.8 Å². The lowest BCUT2D eigenvalue weighted by atomic mass is 9.85. The number of nitrogens with zero attached hydrogens (tertiary/aromatic N) is 4. The van der Waals surface area contributed by atoms with Gasteiger partial charge in [-0.05, 0) is 91.4 Å². The van der Waals surface area contributed by atoms with E-state index < -0.39 is 23.6 Å². The number of likely N-dealkylation sites (tertiary alicyclic amines) is 1. The van der Waals surface area contributed by atoms with Gasteiger partial charge in [0.25, 0.3) is 0 Å².